The smallest absolute Gasteiger partial charge is 0.336 e. The second kappa shape index (κ2) is 8.27. The molecule has 18 heavy (non-hydrogen) atoms. The number of carbonyl (C=O) groups is 1. The Morgan fingerprint density at radius 3 is 2.83 bits per heavy atom. The van der Waals surface area contributed by atoms with Gasteiger partial charge in [-0.3, -0.25) is 0 Å². The predicted octanol–water partition coefficient (Wildman–Crippen LogP) is 3.75. The van der Waals surface area contributed by atoms with Gasteiger partial charge in [-0.1, -0.05) is 33.1 Å². The van der Waals surface area contributed by atoms with Crippen LogP contribution in [-0.4, -0.2) is 17.6 Å². The Morgan fingerprint density at radius 1 is 1.50 bits per heavy atom. The van der Waals surface area contributed by atoms with Crippen molar-refractivity contribution < 1.29 is 9.90 Å². The fourth-order valence-electron chi connectivity index (χ4n) is 1.93. The van der Waals surface area contributed by atoms with Crippen molar-refractivity contribution in [2.75, 3.05) is 6.54 Å². The van der Waals surface area contributed by atoms with Gasteiger partial charge in [-0.15, -0.1) is 11.3 Å². The van der Waals surface area contributed by atoms with Gasteiger partial charge in [0, 0.05) is 16.8 Å². The Hall–Kier alpha value is -0.870. The largest absolute Gasteiger partial charge is 0.478 e. The Morgan fingerprint density at radius 2 is 2.28 bits per heavy atom. The molecule has 1 unspecified atom stereocenters. The van der Waals surface area contributed by atoms with Crippen LogP contribution in [0.4, 0.5) is 0 Å². The third kappa shape index (κ3) is 5.19. The molecule has 0 radical (unpaired) electrons. The predicted molar refractivity (Wildman–Crippen MR) is 76.3 cm³/mol. The minimum Gasteiger partial charge on any atom is -0.478 e. The summed E-state index contributed by atoms with van der Waals surface area (Å²) in [5.41, 5.74) is 0.398. The lowest BCUT2D eigenvalue weighted by Gasteiger charge is -2.14. The molecule has 1 atom stereocenters. The number of aromatic carboxylic acids is 1. The molecule has 0 bridgehead atoms. The van der Waals surface area contributed by atoms with E-state index in [0.717, 1.165) is 23.9 Å². The van der Waals surface area contributed by atoms with Crippen molar-refractivity contribution in [1.29, 1.82) is 0 Å². The van der Waals surface area contributed by atoms with Crippen LogP contribution in [0.3, 0.4) is 0 Å². The van der Waals surface area contributed by atoms with Crippen molar-refractivity contribution in [1.82, 2.24) is 5.32 Å². The molecule has 3 nitrogen and oxygen atoms in total. The topological polar surface area (TPSA) is 49.3 Å². The molecule has 1 aromatic rings. The average molecular weight is 269 g/mol. The zero-order valence-electron chi connectivity index (χ0n) is 11.2. The van der Waals surface area contributed by atoms with Gasteiger partial charge >= 0.3 is 5.97 Å². The number of carboxylic acid groups (broad SMARTS) is 1. The number of thiophene rings is 1. The van der Waals surface area contributed by atoms with E-state index < -0.39 is 5.97 Å². The standard InChI is InChI=1S/C14H23NO2S/c1-3-5-6-11(4-2)8-15-9-13-7-12(10-18-13)14(16)17/h7,10-11,15H,3-6,8-9H2,1-2H3,(H,16,17). The van der Waals surface area contributed by atoms with Gasteiger partial charge < -0.3 is 10.4 Å². The van der Waals surface area contributed by atoms with Crippen LogP contribution >= 0.6 is 11.3 Å². The minimum atomic E-state index is -0.841. The molecule has 0 spiro atoms. The van der Waals surface area contributed by atoms with Crippen molar-refractivity contribution in [2.45, 2.75) is 46.1 Å². The highest BCUT2D eigenvalue weighted by atomic mass is 32.1. The fourth-order valence-corrected chi connectivity index (χ4v) is 2.76. The molecule has 0 saturated carbocycles. The third-order valence-corrected chi connectivity index (χ3v) is 4.11. The van der Waals surface area contributed by atoms with Crippen LogP contribution in [0.2, 0.25) is 0 Å². The molecule has 0 fully saturated rings. The second-order valence-corrected chi connectivity index (χ2v) is 5.65. The molecule has 1 aromatic heterocycles. The molecule has 2 N–H and O–H groups in total. The highest BCUT2D eigenvalue weighted by molar-refractivity contribution is 7.10. The number of hydrogen-bond donors (Lipinski definition) is 2. The monoisotopic (exact) mass is 269 g/mol. The average Bonchev–Trinajstić information content (AvgIpc) is 2.82. The van der Waals surface area contributed by atoms with Gasteiger partial charge in [0.25, 0.3) is 0 Å². The zero-order chi connectivity index (χ0) is 13.4. The molecular formula is C14H23NO2S. The molecule has 0 aliphatic heterocycles. The summed E-state index contributed by atoms with van der Waals surface area (Å²) in [6.07, 6.45) is 5.04. The van der Waals surface area contributed by atoms with Crippen LogP contribution in [0.5, 0.6) is 0 Å². The van der Waals surface area contributed by atoms with Crippen LogP contribution in [0.25, 0.3) is 0 Å². The number of unbranched alkanes of at least 4 members (excludes halogenated alkanes) is 1. The maximum Gasteiger partial charge on any atom is 0.336 e. The Labute approximate surface area is 113 Å². The molecule has 0 aliphatic carbocycles. The summed E-state index contributed by atoms with van der Waals surface area (Å²) in [5.74, 6) is -0.101. The van der Waals surface area contributed by atoms with E-state index in [9.17, 15) is 4.79 Å². The van der Waals surface area contributed by atoms with Crippen LogP contribution < -0.4 is 5.32 Å². The van der Waals surface area contributed by atoms with E-state index in [0.29, 0.717) is 5.56 Å². The lowest BCUT2D eigenvalue weighted by Crippen LogP contribution is -2.21. The first-order chi connectivity index (χ1) is 8.67. The van der Waals surface area contributed by atoms with E-state index in [-0.39, 0.29) is 0 Å². The van der Waals surface area contributed by atoms with E-state index in [2.05, 4.69) is 19.2 Å². The van der Waals surface area contributed by atoms with Crippen molar-refractivity contribution in [2.24, 2.45) is 5.92 Å². The summed E-state index contributed by atoms with van der Waals surface area (Å²) in [6.45, 7) is 6.26. The second-order valence-electron chi connectivity index (χ2n) is 4.65. The molecule has 102 valence electrons. The van der Waals surface area contributed by atoms with Crippen LogP contribution in [0.15, 0.2) is 11.4 Å². The number of carboxylic acids is 1. The van der Waals surface area contributed by atoms with Crippen LogP contribution in [0, 0.1) is 5.92 Å². The van der Waals surface area contributed by atoms with E-state index in [4.69, 9.17) is 5.11 Å². The number of rotatable bonds is 9. The van der Waals surface area contributed by atoms with Gasteiger partial charge in [0.2, 0.25) is 0 Å². The SMILES string of the molecule is CCCCC(CC)CNCc1cc(C(=O)O)cs1. The maximum absolute atomic E-state index is 10.7. The van der Waals surface area contributed by atoms with Crippen molar-refractivity contribution in [3.63, 3.8) is 0 Å². The summed E-state index contributed by atoms with van der Waals surface area (Å²) in [7, 11) is 0. The van der Waals surface area contributed by atoms with E-state index in [1.54, 1.807) is 11.4 Å². The Kier molecular flexibility index (Phi) is 6.98. The van der Waals surface area contributed by atoms with Gasteiger partial charge in [0.05, 0.1) is 5.56 Å². The van der Waals surface area contributed by atoms with Crippen molar-refractivity contribution in [3.05, 3.63) is 21.9 Å². The van der Waals surface area contributed by atoms with Gasteiger partial charge in [-0.2, -0.15) is 0 Å². The lowest BCUT2D eigenvalue weighted by molar-refractivity contribution is 0.0697. The summed E-state index contributed by atoms with van der Waals surface area (Å²) in [5, 5.41) is 14.0. The van der Waals surface area contributed by atoms with Crippen LogP contribution in [-0.2, 0) is 6.54 Å². The summed E-state index contributed by atoms with van der Waals surface area (Å²) in [4.78, 5) is 11.8. The highest BCUT2D eigenvalue weighted by Gasteiger charge is 2.08. The third-order valence-electron chi connectivity index (χ3n) is 3.18. The van der Waals surface area contributed by atoms with Crippen molar-refractivity contribution >= 4 is 17.3 Å². The summed E-state index contributed by atoms with van der Waals surface area (Å²) >= 11 is 1.51. The molecule has 0 aromatic carbocycles. The van der Waals surface area contributed by atoms with E-state index in [1.165, 1.54) is 37.0 Å². The summed E-state index contributed by atoms with van der Waals surface area (Å²) in [6, 6.07) is 1.76. The molecule has 0 amide bonds. The lowest BCUT2D eigenvalue weighted by atomic mass is 9.99. The summed E-state index contributed by atoms with van der Waals surface area (Å²) < 4.78 is 0. The van der Waals surface area contributed by atoms with Gasteiger partial charge in [-0.25, -0.2) is 4.79 Å². The van der Waals surface area contributed by atoms with Gasteiger partial charge in [0.15, 0.2) is 0 Å². The maximum atomic E-state index is 10.7. The fraction of sp³-hybridized carbons (Fsp3) is 0.643. The molecular weight excluding hydrogens is 246 g/mol. The Bertz CT molecular complexity index is 362. The number of nitrogens with one attached hydrogen (secondary N) is 1. The molecule has 1 heterocycles. The Balaban J connectivity index is 2.28. The highest BCUT2D eigenvalue weighted by Crippen LogP contribution is 2.15. The normalized spacial score (nSPS) is 12.6. The van der Waals surface area contributed by atoms with Crippen LogP contribution in [0.1, 0.15) is 54.8 Å². The first-order valence-electron chi connectivity index (χ1n) is 6.68. The van der Waals surface area contributed by atoms with Gasteiger partial charge in [0.1, 0.15) is 0 Å². The van der Waals surface area contributed by atoms with Crippen molar-refractivity contribution in [3.8, 4) is 0 Å². The molecule has 0 saturated heterocycles. The zero-order valence-corrected chi connectivity index (χ0v) is 12.1. The van der Waals surface area contributed by atoms with E-state index >= 15 is 0 Å². The molecule has 1 rings (SSSR count). The number of hydrogen-bond acceptors (Lipinski definition) is 3. The van der Waals surface area contributed by atoms with E-state index in [1.807, 2.05) is 0 Å². The molecule has 0 aliphatic rings. The molecule has 4 heteroatoms. The minimum absolute atomic E-state index is 0.398. The first-order valence-corrected chi connectivity index (χ1v) is 7.56. The first kappa shape index (κ1) is 15.2. The quantitative estimate of drug-likeness (QED) is 0.717. The van der Waals surface area contributed by atoms with Gasteiger partial charge in [-0.05, 0) is 24.9 Å².